The summed E-state index contributed by atoms with van der Waals surface area (Å²) in [5, 5.41) is 21.5. The largest absolute Gasteiger partial charge is 0.504 e. The van der Waals surface area contributed by atoms with Crippen LogP contribution in [0.4, 0.5) is 0 Å². The predicted molar refractivity (Wildman–Crippen MR) is 50.5 cm³/mol. The van der Waals surface area contributed by atoms with E-state index in [2.05, 4.69) is 5.32 Å². The number of nitrogens with one attached hydrogen (secondary N) is 1. The van der Waals surface area contributed by atoms with Crippen molar-refractivity contribution in [3.63, 3.8) is 0 Å². The first-order valence-electron chi connectivity index (χ1n) is 4.44. The maximum atomic E-state index is 11.4. The number of aromatic hydroxyl groups is 2. The zero-order valence-corrected chi connectivity index (χ0v) is 7.79. The molecule has 0 aromatic heterocycles. The van der Waals surface area contributed by atoms with E-state index in [-0.39, 0.29) is 17.4 Å². The summed E-state index contributed by atoms with van der Waals surface area (Å²) in [6.45, 7) is 2.28. The van der Waals surface area contributed by atoms with Crippen molar-refractivity contribution < 1.29 is 15.0 Å². The van der Waals surface area contributed by atoms with E-state index in [1.54, 1.807) is 6.92 Å². The van der Waals surface area contributed by atoms with Gasteiger partial charge in [-0.1, -0.05) is 0 Å². The van der Waals surface area contributed by atoms with Crippen molar-refractivity contribution in [1.29, 1.82) is 0 Å². The zero-order chi connectivity index (χ0) is 10.3. The van der Waals surface area contributed by atoms with E-state index in [1.807, 2.05) is 0 Å². The summed E-state index contributed by atoms with van der Waals surface area (Å²) < 4.78 is 0. The van der Waals surface area contributed by atoms with Gasteiger partial charge in [-0.25, -0.2) is 0 Å². The highest BCUT2D eigenvalue weighted by atomic mass is 16.3. The van der Waals surface area contributed by atoms with Gasteiger partial charge in [-0.2, -0.15) is 0 Å². The standard InChI is InChI=1S/C10H11NO3/c1-5-6-2-3-11-10(14)7(6)4-8(12)9(5)13/h4,12-13H,2-3H2,1H3,(H,11,14). The number of amides is 1. The summed E-state index contributed by atoms with van der Waals surface area (Å²) >= 11 is 0. The zero-order valence-electron chi connectivity index (χ0n) is 7.79. The molecule has 0 atom stereocenters. The topological polar surface area (TPSA) is 69.6 Å². The van der Waals surface area contributed by atoms with Crippen LogP contribution < -0.4 is 5.32 Å². The van der Waals surface area contributed by atoms with Crippen LogP contribution in [0.2, 0.25) is 0 Å². The lowest BCUT2D eigenvalue weighted by Crippen LogP contribution is -2.32. The van der Waals surface area contributed by atoms with Crippen LogP contribution in [0.5, 0.6) is 11.5 Å². The molecule has 1 aliphatic rings. The van der Waals surface area contributed by atoms with Crippen LogP contribution in [0, 0.1) is 6.92 Å². The van der Waals surface area contributed by atoms with E-state index in [9.17, 15) is 15.0 Å². The molecule has 74 valence electrons. The van der Waals surface area contributed by atoms with Gasteiger partial charge in [0.15, 0.2) is 11.5 Å². The minimum Gasteiger partial charge on any atom is -0.504 e. The number of benzene rings is 1. The first-order valence-corrected chi connectivity index (χ1v) is 4.44. The highest BCUT2D eigenvalue weighted by Gasteiger charge is 2.21. The summed E-state index contributed by atoms with van der Waals surface area (Å²) in [4.78, 5) is 11.4. The monoisotopic (exact) mass is 193 g/mol. The first kappa shape index (κ1) is 8.87. The normalized spacial score (nSPS) is 14.8. The van der Waals surface area contributed by atoms with Gasteiger partial charge in [0.05, 0.1) is 0 Å². The minimum atomic E-state index is -0.238. The van der Waals surface area contributed by atoms with Crippen molar-refractivity contribution in [2.75, 3.05) is 6.54 Å². The maximum Gasteiger partial charge on any atom is 0.251 e. The van der Waals surface area contributed by atoms with E-state index in [1.165, 1.54) is 6.07 Å². The molecule has 0 fully saturated rings. The van der Waals surface area contributed by atoms with Crippen LogP contribution >= 0.6 is 0 Å². The van der Waals surface area contributed by atoms with Crippen molar-refractivity contribution in [1.82, 2.24) is 5.32 Å². The fourth-order valence-electron chi connectivity index (χ4n) is 1.75. The maximum absolute atomic E-state index is 11.4. The molecule has 4 nitrogen and oxygen atoms in total. The Kier molecular flexibility index (Phi) is 1.84. The SMILES string of the molecule is Cc1c(O)c(O)cc2c1CCNC2=O. The molecule has 14 heavy (non-hydrogen) atoms. The smallest absolute Gasteiger partial charge is 0.251 e. The summed E-state index contributed by atoms with van der Waals surface area (Å²) in [7, 11) is 0. The highest BCUT2D eigenvalue weighted by molar-refractivity contribution is 5.98. The Morgan fingerprint density at radius 3 is 2.86 bits per heavy atom. The number of fused-ring (bicyclic) bond motifs is 1. The predicted octanol–water partition coefficient (Wildman–Crippen LogP) is 0.692. The Labute approximate surface area is 81.2 Å². The van der Waals surface area contributed by atoms with Gasteiger partial charge >= 0.3 is 0 Å². The third kappa shape index (κ3) is 1.11. The molecule has 1 amide bonds. The van der Waals surface area contributed by atoms with Gasteiger partial charge in [0.25, 0.3) is 5.91 Å². The van der Waals surface area contributed by atoms with Gasteiger partial charge in [-0.15, -0.1) is 0 Å². The number of rotatable bonds is 0. The quantitative estimate of drug-likeness (QED) is 0.531. The van der Waals surface area contributed by atoms with Gasteiger partial charge in [0.1, 0.15) is 0 Å². The van der Waals surface area contributed by atoms with Gasteiger partial charge in [0.2, 0.25) is 0 Å². The van der Waals surface area contributed by atoms with Gasteiger partial charge in [0, 0.05) is 12.1 Å². The van der Waals surface area contributed by atoms with Crippen LogP contribution in [0.25, 0.3) is 0 Å². The van der Waals surface area contributed by atoms with Crippen LogP contribution in [0.15, 0.2) is 6.07 Å². The first-order chi connectivity index (χ1) is 6.61. The van der Waals surface area contributed by atoms with Crippen molar-refractivity contribution in [2.45, 2.75) is 13.3 Å². The van der Waals surface area contributed by atoms with E-state index < -0.39 is 0 Å². The number of hydrogen-bond donors (Lipinski definition) is 3. The molecule has 1 heterocycles. The third-order valence-corrected chi connectivity index (χ3v) is 2.56. The van der Waals surface area contributed by atoms with E-state index in [0.29, 0.717) is 24.1 Å². The van der Waals surface area contributed by atoms with E-state index in [4.69, 9.17) is 0 Å². The highest BCUT2D eigenvalue weighted by Crippen LogP contribution is 2.34. The van der Waals surface area contributed by atoms with Crippen molar-refractivity contribution >= 4 is 5.91 Å². The molecule has 0 unspecified atom stereocenters. The van der Waals surface area contributed by atoms with Crippen LogP contribution in [0.1, 0.15) is 21.5 Å². The summed E-state index contributed by atoms with van der Waals surface area (Å²) in [5.74, 6) is -0.554. The molecule has 0 spiro atoms. The molecule has 1 aliphatic heterocycles. The van der Waals surface area contributed by atoms with E-state index >= 15 is 0 Å². The van der Waals surface area contributed by atoms with Crippen molar-refractivity contribution in [3.8, 4) is 11.5 Å². The Balaban J connectivity index is 2.69. The molecule has 0 bridgehead atoms. The Bertz CT molecular complexity index is 412. The van der Waals surface area contributed by atoms with E-state index in [0.717, 1.165) is 5.56 Å². The average molecular weight is 193 g/mol. The Morgan fingerprint density at radius 2 is 2.14 bits per heavy atom. The fraction of sp³-hybridized carbons (Fsp3) is 0.300. The summed E-state index contributed by atoms with van der Waals surface area (Å²) in [6, 6.07) is 1.31. The lowest BCUT2D eigenvalue weighted by molar-refractivity contribution is 0.0945. The molecule has 1 aromatic carbocycles. The molecule has 0 radical (unpaired) electrons. The minimum absolute atomic E-state index is 0.126. The van der Waals surface area contributed by atoms with Crippen LogP contribution in [-0.4, -0.2) is 22.7 Å². The molecular formula is C10H11NO3. The van der Waals surface area contributed by atoms with Crippen LogP contribution in [-0.2, 0) is 6.42 Å². The Morgan fingerprint density at radius 1 is 1.43 bits per heavy atom. The molecular weight excluding hydrogens is 182 g/mol. The molecule has 1 aromatic rings. The lowest BCUT2D eigenvalue weighted by Gasteiger charge is -2.19. The number of phenolic OH excluding ortho intramolecular Hbond substituents is 2. The lowest BCUT2D eigenvalue weighted by atomic mass is 9.94. The second-order valence-corrected chi connectivity index (χ2v) is 3.40. The molecule has 2 rings (SSSR count). The van der Waals surface area contributed by atoms with Gasteiger partial charge in [-0.3, -0.25) is 4.79 Å². The number of carbonyl (C=O) groups excluding carboxylic acids is 1. The van der Waals surface area contributed by atoms with Crippen LogP contribution in [0.3, 0.4) is 0 Å². The average Bonchev–Trinajstić information content (AvgIpc) is 2.17. The van der Waals surface area contributed by atoms with Crippen molar-refractivity contribution in [3.05, 3.63) is 22.8 Å². The second-order valence-electron chi connectivity index (χ2n) is 3.40. The molecule has 0 saturated heterocycles. The molecule has 0 saturated carbocycles. The second kappa shape index (κ2) is 2.90. The molecule has 0 aliphatic carbocycles. The molecule has 4 heteroatoms. The fourth-order valence-corrected chi connectivity index (χ4v) is 1.75. The van der Waals surface area contributed by atoms with Gasteiger partial charge in [-0.05, 0) is 30.5 Å². The van der Waals surface area contributed by atoms with Gasteiger partial charge < -0.3 is 15.5 Å². The molecule has 3 N–H and O–H groups in total. The summed E-state index contributed by atoms with van der Waals surface area (Å²) in [6.07, 6.45) is 0.695. The third-order valence-electron chi connectivity index (χ3n) is 2.56. The number of hydrogen-bond acceptors (Lipinski definition) is 3. The number of carbonyl (C=O) groups is 1. The Hall–Kier alpha value is -1.71. The van der Waals surface area contributed by atoms with Crippen molar-refractivity contribution in [2.24, 2.45) is 0 Å². The summed E-state index contributed by atoms with van der Waals surface area (Å²) in [5.41, 5.74) is 1.88. The number of phenols is 2.